The molecular formula is C31H39F2N3O6. The molecule has 3 aromatic rings. The molecule has 2 aromatic carbocycles. The molecule has 42 heavy (non-hydrogen) atoms. The van der Waals surface area contributed by atoms with Crippen LogP contribution in [0.3, 0.4) is 0 Å². The van der Waals surface area contributed by atoms with Crippen LogP contribution in [-0.2, 0) is 16.0 Å². The highest BCUT2D eigenvalue weighted by Crippen LogP contribution is 2.37. The molecule has 0 aliphatic carbocycles. The number of carbonyl (C=O) groups excluding carboxylic acids is 2. The second-order valence-electron chi connectivity index (χ2n) is 11.4. The lowest BCUT2D eigenvalue weighted by atomic mass is 9.97. The van der Waals surface area contributed by atoms with E-state index >= 15 is 0 Å². The van der Waals surface area contributed by atoms with Crippen LogP contribution in [0.1, 0.15) is 53.9 Å². The Morgan fingerprint density at radius 2 is 1.74 bits per heavy atom. The molecule has 1 atom stereocenters. The summed E-state index contributed by atoms with van der Waals surface area (Å²) in [5, 5.41) is 0.838. The summed E-state index contributed by atoms with van der Waals surface area (Å²) in [6.45, 7) is 8.76. The Balaban J connectivity index is 1.77. The molecule has 1 aliphatic heterocycles. The predicted molar refractivity (Wildman–Crippen MR) is 155 cm³/mol. The zero-order chi connectivity index (χ0) is 30.8. The zero-order valence-corrected chi connectivity index (χ0v) is 25.2. The van der Waals surface area contributed by atoms with Crippen LogP contribution in [0.25, 0.3) is 10.9 Å². The highest BCUT2D eigenvalue weighted by atomic mass is 19.3. The number of hydrogen-bond acceptors (Lipinski definition) is 8. The summed E-state index contributed by atoms with van der Waals surface area (Å²) < 4.78 is 50.1. The fourth-order valence-corrected chi connectivity index (χ4v) is 5.51. The summed E-state index contributed by atoms with van der Waals surface area (Å²) in [4.78, 5) is 29.2. The van der Waals surface area contributed by atoms with Crippen molar-refractivity contribution in [2.24, 2.45) is 0 Å². The molecule has 0 N–H and O–H groups in total. The van der Waals surface area contributed by atoms with E-state index in [1.54, 1.807) is 36.4 Å². The molecule has 228 valence electrons. The molecule has 9 nitrogen and oxygen atoms in total. The van der Waals surface area contributed by atoms with Gasteiger partial charge in [0.05, 0.1) is 33.4 Å². The summed E-state index contributed by atoms with van der Waals surface area (Å²) in [6.07, 6.45) is -1.24. The van der Waals surface area contributed by atoms with Gasteiger partial charge in [-0.05, 0) is 63.1 Å². The average Bonchev–Trinajstić information content (AvgIpc) is 3.39. The first-order valence-corrected chi connectivity index (χ1v) is 13.8. The quantitative estimate of drug-likeness (QED) is 0.313. The summed E-state index contributed by atoms with van der Waals surface area (Å²) in [6, 6.07) is 8.67. The van der Waals surface area contributed by atoms with E-state index in [4.69, 9.17) is 18.9 Å². The van der Waals surface area contributed by atoms with Gasteiger partial charge in [-0.1, -0.05) is 6.07 Å². The monoisotopic (exact) mass is 587 g/mol. The summed E-state index contributed by atoms with van der Waals surface area (Å²) in [5.41, 5.74) is 2.87. The van der Waals surface area contributed by atoms with E-state index in [9.17, 15) is 18.4 Å². The van der Waals surface area contributed by atoms with Crippen molar-refractivity contribution in [1.82, 2.24) is 14.4 Å². The molecule has 4 rings (SSSR count). The Kier molecular flexibility index (Phi) is 9.42. The van der Waals surface area contributed by atoms with Crippen molar-refractivity contribution in [3.05, 3.63) is 58.8 Å². The molecule has 1 fully saturated rings. The molecule has 0 unspecified atom stereocenters. The molecule has 0 amide bonds. The Morgan fingerprint density at radius 3 is 2.36 bits per heavy atom. The third-order valence-corrected chi connectivity index (χ3v) is 7.39. The number of aromatic nitrogens is 1. The van der Waals surface area contributed by atoms with E-state index in [1.807, 2.05) is 39.8 Å². The number of methoxy groups -OCH3 is 3. The molecule has 2 heterocycles. The number of nitrogens with zero attached hydrogens (tertiary/aromatic N) is 3. The van der Waals surface area contributed by atoms with E-state index in [1.165, 1.54) is 18.8 Å². The Labute approximate surface area is 244 Å². The van der Waals surface area contributed by atoms with Gasteiger partial charge in [0.1, 0.15) is 22.7 Å². The van der Waals surface area contributed by atoms with Gasteiger partial charge in [0.15, 0.2) is 0 Å². The fourth-order valence-electron chi connectivity index (χ4n) is 5.51. The number of carbonyl (C=O) groups is 2. The van der Waals surface area contributed by atoms with Crippen molar-refractivity contribution in [2.75, 3.05) is 47.5 Å². The van der Waals surface area contributed by atoms with Crippen LogP contribution in [0.5, 0.6) is 11.5 Å². The maximum atomic E-state index is 13.4. The number of benzene rings is 2. The van der Waals surface area contributed by atoms with E-state index < -0.39 is 24.1 Å². The smallest absolute Gasteiger partial charge is 0.419 e. The number of rotatable bonds is 8. The van der Waals surface area contributed by atoms with Crippen molar-refractivity contribution in [3.63, 3.8) is 0 Å². The lowest BCUT2D eigenvalue weighted by molar-refractivity contribution is 0.0245. The number of halogens is 2. The van der Waals surface area contributed by atoms with Crippen molar-refractivity contribution in [2.45, 2.75) is 52.3 Å². The van der Waals surface area contributed by atoms with E-state index in [0.29, 0.717) is 37.7 Å². The largest absolute Gasteiger partial charge is 0.496 e. The van der Waals surface area contributed by atoms with Gasteiger partial charge in [-0.3, -0.25) is 14.4 Å². The Morgan fingerprint density at radius 1 is 1.02 bits per heavy atom. The first kappa shape index (κ1) is 31.2. The number of esters is 1. The van der Waals surface area contributed by atoms with Crippen molar-refractivity contribution >= 4 is 23.0 Å². The van der Waals surface area contributed by atoms with E-state index in [0.717, 1.165) is 27.6 Å². The van der Waals surface area contributed by atoms with Gasteiger partial charge in [-0.2, -0.15) is 0 Å². The normalized spacial score (nSPS) is 16.6. The first-order valence-electron chi connectivity index (χ1n) is 13.8. The number of aryl methyl sites for hydroxylation is 1. The second-order valence-corrected chi connectivity index (χ2v) is 11.4. The summed E-state index contributed by atoms with van der Waals surface area (Å²) >= 11 is 0. The molecule has 11 heteroatoms. The maximum absolute atomic E-state index is 13.4. The van der Waals surface area contributed by atoms with Gasteiger partial charge in [0, 0.05) is 49.4 Å². The van der Waals surface area contributed by atoms with Gasteiger partial charge < -0.3 is 18.9 Å². The molecule has 0 spiro atoms. The fraction of sp³-hybridized carbons (Fsp3) is 0.484. The van der Waals surface area contributed by atoms with Gasteiger partial charge in [0.25, 0.3) is 6.43 Å². The summed E-state index contributed by atoms with van der Waals surface area (Å²) in [5.74, 6) is 0.476. The maximum Gasteiger partial charge on any atom is 0.419 e. The minimum atomic E-state index is -2.46. The van der Waals surface area contributed by atoms with Crippen LogP contribution in [0.4, 0.5) is 13.6 Å². The van der Waals surface area contributed by atoms with Crippen LogP contribution in [0.2, 0.25) is 0 Å². The van der Waals surface area contributed by atoms with Crippen LogP contribution < -0.4 is 9.47 Å². The highest BCUT2D eigenvalue weighted by molar-refractivity contribution is 5.95. The van der Waals surface area contributed by atoms with Gasteiger partial charge in [-0.15, -0.1) is 0 Å². The van der Waals surface area contributed by atoms with Crippen molar-refractivity contribution in [1.29, 1.82) is 0 Å². The molecule has 0 bridgehead atoms. The van der Waals surface area contributed by atoms with Crippen LogP contribution in [0, 0.1) is 6.92 Å². The van der Waals surface area contributed by atoms with E-state index in [-0.39, 0.29) is 18.2 Å². The van der Waals surface area contributed by atoms with E-state index in [2.05, 4.69) is 4.90 Å². The molecule has 1 saturated heterocycles. The predicted octanol–water partition coefficient (Wildman–Crippen LogP) is 5.66. The SMILES string of the molecule is COC(=O)c1ccc([C@@H]2CN(CC(F)F)CCN2Cc2c(OC)cc(C)c3c2ccn3C(=O)OC(C)(C)C)cc1OC. The lowest BCUT2D eigenvalue weighted by Crippen LogP contribution is -2.49. The molecular weight excluding hydrogens is 548 g/mol. The van der Waals surface area contributed by atoms with Crippen LogP contribution >= 0.6 is 0 Å². The summed E-state index contributed by atoms with van der Waals surface area (Å²) in [7, 11) is 4.37. The minimum absolute atomic E-state index is 0.279. The molecule has 1 aromatic heterocycles. The number of fused-ring (bicyclic) bond motifs is 1. The van der Waals surface area contributed by atoms with Crippen LogP contribution in [-0.4, -0.2) is 86.0 Å². The highest BCUT2D eigenvalue weighted by Gasteiger charge is 2.32. The van der Waals surface area contributed by atoms with Gasteiger partial charge in [0.2, 0.25) is 0 Å². The molecule has 1 aliphatic rings. The average molecular weight is 588 g/mol. The second kappa shape index (κ2) is 12.7. The lowest BCUT2D eigenvalue weighted by Gasteiger charge is -2.42. The Hall–Kier alpha value is -3.70. The van der Waals surface area contributed by atoms with Crippen molar-refractivity contribution < 1.29 is 37.3 Å². The first-order chi connectivity index (χ1) is 19.9. The van der Waals surface area contributed by atoms with Gasteiger partial charge in [-0.25, -0.2) is 18.4 Å². The number of ether oxygens (including phenoxy) is 4. The number of alkyl halides is 2. The number of hydrogen-bond donors (Lipinski definition) is 0. The molecule has 0 radical (unpaired) electrons. The third kappa shape index (κ3) is 6.68. The van der Waals surface area contributed by atoms with Crippen molar-refractivity contribution in [3.8, 4) is 11.5 Å². The standard InChI is InChI=1S/C31H39F2N3O6/c1-19-14-25(39-5)23(21-10-11-36(28(19)21)30(38)42-31(2,3)4)16-35-13-12-34(18-27(32)33)17-24(35)20-8-9-22(29(37)41-7)26(15-20)40-6/h8-11,14-15,24,27H,12-13,16-18H2,1-7H3/t24-/m0/s1. The Bertz CT molecular complexity index is 1450. The van der Waals surface area contributed by atoms with Crippen LogP contribution in [0.15, 0.2) is 36.5 Å². The third-order valence-electron chi connectivity index (χ3n) is 7.39. The minimum Gasteiger partial charge on any atom is -0.496 e. The topological polar surface area (TPSA) is 82.5 Å². The zero-order valence-electron chi connectivity index (χ0n) is 25.2. The van der Waals surface area contributed by atoms with Gasteiger partial charge >= 0.3 is 12.1 Å². The molecule has 0 saturated carbocycles. The number of piperazine rings is 1.